The van der Waals surface area contributed by atoms with Gasteiger partial charge in [0.1, 0.15) is 11.2 Å². The van der Waals surface area contributed by atoms with Gasteiger partial charge in [0.25, 0.3) is 5.91 Å². The molecule has 7 nitrogen and oxygen atoms in total. The van der Waals surface area contributed by atoms with E-state index < -0.39 is 17.4 Å². The van der Waals surface area contributed by atoms with Crippen LogP contribution in [0, 0.1) is 0 Å². The number of aromatic amines is 1. The first-order chi connectivity index (χ1) is 11.4. The van der Waals surface area contributed by atoms with Crippen LogP contribution in [0.3, 0.4) is 0 Å². The number of nitrogens with zero attached hydrogens (tertiary/aromatic N) is 1. The van der Waals surface area contributed by atoms with E-state index in [0.717, 1.165) is 10.9 Å². The lowest BCUT2D eigenvalue weighted by Gasteiger charge is -2.31. The summed E-state index contributed by atoms with van der Waals surface area (Å²) in [6, 6.07) is 9.20. The van der Waals surface area contributed by atoms with Crippen molar-refractivity contribution in [2.75, 3.05) is 13.1 Å². The third kappa shape index (κ3) is 2.73. The first kappa shape index (κ1) is 16.0. The summed E-state index contributed by atoms with van der Waals surface area (Å²) < 4.78 is 0. The largest absolute Gasteiger partial charge is 0.480 e. The molecule has 2 heterocycles. The van der Waals surface area contributed by atoms with Crippen LogP contribution in [0.15, 0.2) is 30.3 Å². The molecule has 2 amide bonds. The second-order valence-corrected chi connectivity index (χ2v) is 6.18. The van der Waals surface area contributed by atoms with Crippen molar-refractivity contribution in [1.82, 2.24) is 15.2 Å². The van der Waals surface area contributed by atoms with Gasteiger partial charge >= 0.3 is 5.97 Å². The predicted molar refractivity (Wildman–Crippen MR) is 87.6 cm³/mol. The van der Waals surface area contributed by atoms with Gasteiger partial charge in [-0.2, -0.15) is 0 Å². The summed E-state index contributed by atoms with van der Waals surface area (Å²) in [6.45, 7) is 1.71. The smallest absolute Gasteiger partial charge is 0.329 e. The average Bonchev–Trinajstić information content (AvgIpc) is 3.16. The fourth-order valence-electron chi connectivity index (χ4n) is 3.13. The van der Waals surface area contributed by atoms with E-state index in [9.17, 15) is 19.5 Å². The number of carbonyl (C=O) groups is 3. The Labute approximate surface area is 138 Å². The summed E-state index contributed by atoms with van der Waals surface area (Å²) in [5.74, 6) is -1.80. The van der Waals surface area contributed by atoms with Gasteiger partial charge in [0.05, 0.1) is 6.54 Å². The lowest BCUT2D eigenvalue weighted by Crippen LogP contribution is -2.53. The molecular formula is C17H19N3O4. The van der Waals surface area contributed by atoms with E-state index in [4.69, 9.17) is 0 Å². The molecule has 1 aromatic heterocycles. The molecule has 0 saturated carbocycles. The van der Waals surface area contributed by atoms with Crippen molar-refractivity contribution in [3.8, 4) is 0 Å². The predicted octanol–water partition coefficient (Wildman–Crippen LogP) is 1.36. The fraction of sp³-hybridized carbons (Fsp3) is 0.353. The highest BCUT2D eigenvalue weighted by atomic mass is 16.4. The van der Waals surface area contributed by atoms with Gasteiger partial charge in [-0.3, -0.25) is 9.59 Å². The normalized spacial score (nSPS) is 20.3. The molecule has 1 atom stereocenters. The topological polar surface area (TPSA) is 102 Å². The van der Waals surface area contributed by atoms with Gasteiger partial charge in [0, 0.05) is 17.4 Å². The summed E-state index contributed by atoms with van der Waals surface area (Å²) in [5.41, 5.74) is 0.0153. The summed E-state index contributed by atoms with van der Waals surface area (Å²) >= 11 is 0. The highest BCUT2D eigenvalue weighted by molar-refractivity contribution is 5.99. The summed E-state index contributed by atoms with van der Waals surface area (Å²) in [7, 11) is 0. The Bertz CT molecular complexity index is 780. The number of fused-ring (bicyclic) bond motifs is 1. The van der Waals surface area contributed by atoms with Crippen LogP contribution in [0.4, 0.5) is 0 Å². The zero-order valence-corrected chi connectivity index (χ0v) is 13.3. The van der Waals surface area contributed by atoms with Gasteiger partial charge in [0.15, 0.2) is 0 Å². The SMILES string of the molecule is CC1(C(=O)O)CCCN1C(=O)CNC(=O)c1cc2ccccc2[nH]1. The van der Waals surface area contributed by atoms with Crippen LogP contribution in [0.5, 0.6) is 0 Å². The van der Waals surface area contributed by atoms with E-state index in [1.807, 2.05) is 24.3 Å². The van der Waals surface area contributed by atoms with Gasteiger partial charge in [-0.25, -0.2) is 4.79 Å². The molecule has 0 radical (unpaired) electrons. The number of aliphatic carboxylic acids is 1. The second kappa shape index (κ2) is 5.99. The zero-order valence-electron chi connectivity index (χ0n) is 13.3. The van der Waals surface area contributed by atoms with Crippen molar-refractivity contribution in [2.24, 2.45) is 0 Å². The number of carbonyl (C=O) groups excluding carboxylic acids is 2. The molecule has 1 saturated heterocycles. The number of amides is 2. The number of hydrogen-bond donors (Lipinski definition) is 3. The van der Waals surface area contributed by atoms with E-state index in [1.165, 1.54) is 4.90 Å². The number of likely N-dealkylation sites (tertiary alicyclic amines) is 1. The minimum atomic E-state index is -1.19. The quantitative estimate of drug-likeness (QED) is 0.788. The molecular weight excluding hydrogens is 310 g/mol. The van der Waals surface area contributed by atoms with Crippen molar-refractivity contribution in [2.45, 2.75) is 25.3 Å². The summed E-state index contributed by atoms with van der Waals surface area (Å²) in [5, 5.41) is 12.8. The van der Waals surface area contributed by atoms with E-state index in [2.05, 4.69) is 10.3 Å². The van der Waals surface area contributed by atoms with Crippen molar-refractivity contribution in [3.63, 3.8) is 0 Å². The van der Waals surface area contributed by atoms with Crippen molar-refractivity contribution in [3.05, 3.63) is 36.0 Å². The molecule has 1 aromatic carbocycles. The van der Waals surface area contributed by atoms with Crippen LogP contribution >= 0.6 is 0 Å². The number of aromatic nitrogens is 1. The molecule has 1 aliphatic heterocycles. The fourth-order valence-corrected chi connectivity index (χ4v) is 3.13. The Balaban J connectivity index is 1.65. The van der Waals surface area contributed by atoms with Crippen LogP contribution in [0.2, 0.25) is 0 Å². The number of hydrogen-bond acceptors (Lipinski definition) is 3. The molecule has 24 heavy (non-hydrogen) atoms. The minimum absolute atomic E-state index is 0.225. The van der Waals surface area contributed by atoms with Gasteiger partial charge < -0.3 is 20.3 Å². The van der Waals surface area contributed by atoms with Crippen LogP contribution in [-0.4, -0.2) is 51.4 Å². The third-order valence-electron chi connectivity index (χ3n) is 4.58. The number of carboxylic acids is 1. The molecule has 1 aliphatic rings. The Morgan fingerprint density at radius 2 is 2.08 bits per heavy atom. The third-order valence-corrected chi connectivity index (χ3v) is 4.58. The van der Waals surface area contributed by atoms with Crippen LogP contribution in [0.25, 0.3) is 10.9 Å². The number of nitrogens with one attached hydrogen (secondary N) is 2. The number of rotatable bonds is 4. The number of benzene rings is 1. The van der Waals surface area contributed by atoms with Crippen LogP contribution < -0.4 is 5.32 Å². The molecule has 1 unspecified atom stereocenters. The molecule has 7 heteroatoms. The van der Waals surface area contributed by atoms with Crippen LogP contribution in [0.1, 0.15) is 30.3 Å². The zero-order chi connectivity index (χ0) is 17.3. The van der Waals surface area contributed by atoms with Crippen LogP contribution in [-0.2, 0) is 9.59 Å². The van der Waals surface area contributed by atoms with E-state index in [0.29, 0.717) is 25.1 Å². The summed E-state index contributed by atoms with van der Waals surface area (Å²) in [6.07, 6.45) is 1.06. The van der Waals surface area contributed by atoms with Gasteiger partial charge in [0.2, 0.25) is 5.91 Å². The number of H-pyrrole nitrogens is 1. The van der Waals surface area contributed by atoms with Gasteiger partial charge in [-0.15, -0.1) is 0 Å². The lowest BCUT2D eigenvalue weighted by atomic mass is 9.99. The van der Waals surface area contributed by atoms with Gasteiger partial charge in [-0.1, -0.05) is 18.2 Å². The maximum atomic E-state index is 12.3. The molecule has 2 aromatic rings. The van der Waals surface area contributed by atoms with E-state index in [1.54, 1.807) is 13.0 Å². The van der Waals surface area contributed by atoms with Crippen molar-refractivity contribution >= 4 is 28.7 Å². The molecule has 3 N–H and O–H groups in total. The highest BCUT2D eigenvalue weighted by Crippen LogP contribution is 2.29. The molecule has 126 valence electrons. The van der Waals surface area contributed by atoms with Crippen molar-refractivity contribution in [1.29, 1.82) is 0 Å². The Kier molecular flexibility index (Phi) is 4.01. The monoisotopic (exact) mass is 329 g/mol. The molecule has 1 fully saturated rings. The Hall–Kier alpha value is -2.83. The number of para-hydroxylation sites is 1. The highest BCUT2D eigenvalue weighted by Gasteiger charge is 2.45. The average molecular weight is 329 g/mol. The number of carboxylic acid groups (broad SMARTS) is 1. The summed E-state index contributed by atoms with van der Waals surface area (Å²) in [4.78, 5) is 40.2. The maximum Gasteiger partial charge on any atom is 0.329 e. The Morgan fingerprint density at radius 1 is 1.33 bits per heavy atom. The second-order valence-electron chi connectivity index (χ2n) is 6.18. The lowest BCUT2D eigenvalue weighted by molar-refractivity contribution is -0.154. The molecule has 0 spiro atoms. The van der Waals surface area contributed by atoms with E-state index in [-0.39, 0.29) is 12.5 Å². The standard InChI is InChI=1S/C17H19N3O4/c1-17(16(23)24)7-4-8-20(17)14(21)10-18-15(22)13-9-11-5-2-3-6-12(11)19-13/h2-3,5-6,9,19H,4,7-8,10H2,1H3,(H,18,22)(H,23,24). The van der Waals surface area contributed by atoms with Gasteiger partial charge in [-0.05, 0) is 31.9 Å². The minimum Gasteiger partial charge on any atom is -0.480 e. The first-order valence-electron chi connectivity index (χ1n) is 7.81. The molecule has 3 rings (SSSR count). The Morgan fingerprint density at radius 3 is 2.79 bits per heavy atom. The van der Waals surface area contributed by atoms with E-state index >= 15 is 0 Å². The first-order valence-corrected chi connectivity index (χ1v) is 7.81. The maximum absolute atomic E-state index is 12.3. The van der Waals surface area contributed by atoms with Crippen molar-refractivity contribution < 1.29 is 19.5 Å². The molecule has 0 aliphatic carbocycles. The molecule has 0 bridgehead atoms.